The number of morpholine rings is 1. The van der Waals surface area contributed by atoms with Crippen LogP contribution >= 0.6 is 0 Å². The van der Waals surface area contributed by atoms with Gasteiger partial charge in [0.25, 0.3) is 11.7 Å². The first-order valence-corrected chi connectivity index (χ1v) is 10.6. The van der Waals surface area contributed by atoms with Gasteiger partial charge in [-0.25, -0.2) is 0 Å². The number of aliphatic hydroxyl groups is 1. The van der Waals surface area contributed by atoms with Crippen molar-refractivity contribution >= 4 is 17.4 Å². The quantitative estimate of drug-likeness (QED) is 0.421. The zero-order valence-corrected chi connectivity index (χ0v) is 18.3. The number of methoxy groups -OCH3 is 1. The fourth-order valence-electron chi connectivity index (χ4n) is 4.25. The fraction of sp³-hybridized carbons (Fsp3) is 0.375. The molecule has 2 aromatic rings. The molecule has 32 heavy (non-hydrogen) atoms. The van der Waals surface area contributed by atoms with E-state index in [1.54, 1.807) is 43.8 Å². The summed E-state index contributed by atoms with van der Waals surface area (Å²) in [6.45, 7) is 5.72. The van der Waals surface area contributed by atoms with Crippen LogP contribution < -0.4 is 4.74 Å². The van der Waals surface area contributed by atoms with E-state index in [0.29, 0.717) is 43.2 Å². The van der Waals surface area contributed by atoms with Gasteiger partial charge in [-0.05, 0) is 42.3 Å². The van der Waals surface area contributed by atoms with Gasteiger partial charge in [0.1, 0.15) is 11.5 Å². The first kappa shape index (κ1) is 22.0. The van der Waals surface area contributed by atoms with Crippen molar-refractivity contribution in [2.75, 3.05) is 46.5 Å². The number of ketones is 1. The molecule has 2 saturated heterocycles. The van der Waals surface area contributed by atoms with Crippen LogP contribution in [0.5, 0.6) is 5.75 Å². The topological polar surface area (TPSA) is 92.2 Å². The number of nitrogens with zero attached hydrogens (tertiary/aromatic N) is 3. The van der Waals surface area contributed by atoms with E-state index < -0.39 is 17.7 Å². The summed E-state index contributed by atoms with van der Waals surface area (Å²) in [6.07, 6.45) is 3.26. The Morgan fingerprint density at radius 3 is 2.66 bits per heavy atom. The number of pyridine rings is 1. The third-order valence-corrected chi connectivity index (χ3v) is 5.97. The smallest absolute Gasteiger partial charge is 0.295 e. The minimum Gasteiger partial charge on any atom is -0.507 e. The van der Waals surface area contributed by atoms with Crippen LogP contribution in [0.2, 0.25) is 0 Å². The number of hydrogen-bond acceptors (Lipinski definition) is 7. The van der Waals surface area contributed by atoms with Crippen molar-refractivity contribution in [1.29, 1.82) is 0 Å². The van der Waals surface area contributed by atoms with Gasteiger partial charge in [0.2, 0.25) is 0 Å². The third-order valence-electron chi connectivity index (χ3n) is 5.97. The maximum absolute atomic E-state index is 13.1. The maximum atomic E-state index is 13.1. The molecular weight excluding hydrogens is 410 g/mol. The van der Waals surface area contributed by atoms with E-state index in [2.05, 4.69) is 9.88 Å². The second-order valence-corrected chi connectivity index (χ2v) is 7.92. The summed E-state index contributed by atoms with van der Waals surface area (Å²) in [5.74, 6) is -0.821. The lowest BCUT2D eigenvalue weighted by Gasteiger charge is -2.30. The largest absolute Gasteiger partial charge is 0.507 e. The van der Waals surface area contributed by atoms with Crippen LogP contribution in [0.25, 0.3) is 5.76 Å². The van der Waals surface area contributed by atoms with Crippen molar-refractivity contribution in [2.45, 2.75) is 13.0 Å². The normalized spacial score (nSPS) is 21.2. The van der Waals surface area contributed by atoms with Gasteiger partial charge >= 0.3 is 0 Å². The summed E-state index contributed by atoms with van der Waals surface area (Å²) in [5.41, 5.74) is 2.04. The van der Waals surface area contributed by atoms with E-state index in [0.717, 1.165) is 18.7 Å². The Morgan fingerprint density at radius 1 is 1.22 bits per heavy atom. The minimum absolute atomic E-state index is 0.0783. The molecule has 0 saturated carbocycles. The molecule has 0 spiro atoms. The summed E-state index contributed by atoms with van der Waals surface area (Å²) >= 11 is 0. The Bertz CT molecular complexity index is 1030. The summed E-state index contributed by atoms with van der Waals surface area (Å²) in [4.78, 5) is 34.0. The number of aromatic nitrogens is 1. The van der Waals surface area contributed by atoms with Crippen molar-refractivity contribution in [3.8, 4) is 5.75 Å². The van der Waals surface area contributed by atoms with Crippen LogP contribution in [0.3, 0.4) is 0 Å². The third kappa shape index (κ3) is 4.24. The van der Waals surface area contributed by atoms with Gasteiger partial charge in [0.05, 0.1) is 31.9 Å². The monoisotopic (exact) mass is 437 g/mol. The number of hydrogen-bond donors (Lipinski definition) is 1. The summed E-state index contributed by atoms with van der Waals surface area (Å²) in [5, 5.41) is 11.2. The van der Waals surface area contributed by atoms with Crippen molar-refractivity contribution in [3.05, 3.63) is 65.0 Å². The standard InChI is InChI=1S/C24H27N3O5/c1-16-14-17(5-6-19(16)31-2)22(28)20-21(18-4-3-7-25-15-18)27(24(30)23(20)29)9-8-26-10-12-32-13-11-26/h3-7,14-15,21,28H,8-13H2,1-2H3/b22-20+. The second kappa shape index (κ2) is 9.50. The highest BCUT2D eigenvalue weighted by atomic mass is 16.5. The zero-order chi connectivity index (χ0) is 22.7. The van der Waals surface area contributed by atoms with Gasteiger partial charge in [-0.3, -0.25) is 19.5 Å². The Morgan fingerprint density at radius 2 is 2.00 bits per heavy atom. The Hall–Kier alpha value is -3.23. The molecule has 168 valence electrons. The SMILES string of the molecule is COc1ccc(/C(O)=C2\C(=O)C(=O)N(CCN3CCOCC3)C2c2cccnc2)cc1C. The van der Waals surface area contributed by atoms with Gasteiger partial charge in [0, 0.05) is 44.1 Å². The number of rotatable bonds is 6. The van der Waals surface area contributed by atoms with E-state index in [9.17, 15) is 14.7 Å². The Balaban J connectivity index is 1.72. The molecule has 1 aromatic heterocycles. The van der Waals surface area contributed by atoms with Crippen molar-refractivity contribution in [3.63, 3.8) is 0 Å². The Kier molecular flexibility index (Phi) is 6.53. The van der Waals surface area contributed by atoms with Gasteiger partial charge in [-0.15, -0.1) is 0 Å². The van der Waals surface area contributed by atoms with Crippen molar-refractivity contribution in [1.82, 2.24) is 14.8 Å². The summed E-state index contributed by atoms with van der Waals surface area (Å²) < 4.78 is 10.7. The molecule has 1 atom stereocenters. The predicted molar refractivity (Wildman–Crippen MR) is 118 cm³/mol. The van der Waals surface area contributed by atoms with Gasteiger partial charge < -0.3 is 19.5 Å². The van der Waals surface area contributed by atoms with Gasteiger partial charge in [-0.2, -0.15) is 0 Å². The average molecular weight is 437 g/mol. The van der Waals surface area contributed by atoms with E-state index in [4.69, 9.17) is 9.47 Å². The number of carbonyl (C=O) groups excluding carboxylic acids is 2. The van der Waals surface area contributed by atoms with Gasteiger partial charge in [-0.1, -0.05) is 6.07 Å². The second-order valence-electron chi connectivity index (χ2n) is 7.92. The zero-order valence-electron chi connectivity index (χ0n) is 18.3. The number of ether oxygens (including phenoxy) is 2. The molecule has 0 bridgehead atoms. The van der Waals surface area contributed by atoms with Crippen LogP contribution in [0.15, 0.2) is 48.3 Å². The highest BCUT2D eigenvalue weighted by molar-refractivity contribution is 6.46. The fourth-order valence-corrected chi connectivity index (χ4v) is 4.25. The molecule has 0 aliphatic carbocycles. The molecular formula is C24H27N3O5. The van der Waals surface area contributed by atoms with E-state index in [1.165, 1.54) is 4.90 Å². The lowest BCUT2D eigenvalue weighted by molar-refractivity contribution is -0.140. The molecule has 2 fully saturated rings. The van der Waals surface area contributed by atoms with Crippen LogP contribution in [0, 0.1) is 6.92 Å². The van der Waals surface area contributed by atoms with Crippen LogP contribution in [0.1, 0.15) is 22.7 Å². The van der Waals surface area contributed by atoms with Gasteiger partial charge in [0.15, 0.2) is 0 Å². The first-order valence-electron chi connectivity index (χ1n) is 10.6. The molecule has 0 radical (unpaired) electrons. The van der Waals surface area contributed by atoms with Crippen LogP contribution in [-0.4, -0.2) is 78.1 Å². The minimum atomic E-state index is -0.702. The van der Waals surface area contributed by atoms with E-state index >= 15 is 0 Å². The highest BCUT2D eigenvalue weighted by Crippen LogP contribution is 2.39. The molecule has 1 amide bonds. The molecule has 3 heterocycles. The number of aryl methyl sites for hydroxylation is 1. The molecule has 1 N–H and O–H groups in total. The number of carbonyl (C=O) groups is 2. The Labute approximate surface area is 187 Å². The van der Waals surface area contributed by atoms with Crippen LogP contribution in [-0.2, 0) is 14.3 Å². The van der Waals surface area contributed by atoms with Crippen molar-refractivity contribution < 1.29 is 24.2 Å². The van der Waals surface area contributed by atoms with Crippen LogP contribution in [0.4, 0.5) is 0 Å². The highest BCUT2D eigenvalue weighted by Gasteiger charge is 2.46. The molecule has 1 unspecified atom stereocenters. The summed E-state index contributed by atoms with van der Waals surface area (Å²) in [6, 6.07) is 8.04. The number of Topliss-reactive ketones (excluding diaryl/α,β-unsaturated/α-hetero) is 1. The average Bonchev–Trinajstić information content (AvgIpc) is 3.08. The van der Waals surface area contributed by atoms with Crippen molar-refractivity contribution in [2.24, 2.45) is 0 Å². The number of aliphatic hydroxyl groups excluding tert-OH is 1. The lowest BCUT2D eigenvalue weighted by Crippen LogP contribution is -2.42. The molecule has 4 rings (SSSR count). The van der Waals surface area contributed by atoms with E-state index in [1.807, 2.05) is 13.0 Å². The molecule has 8 heteroatoms. The number of likely N-dealkylation sites (tertiary alicyclic amines) is 1. The molecule has 1 aromatic carbocycles. The lowest BCUT2D eigenvalue weighted by atomic mass is 9.95. The molecule has 2 aliphatic rings. The van der Waals surface area contributed by atoms with E-state index in [-0.39, 0.29) is 11.3 Å². The number of benzene rings is 1. The number of amides is 1. The predicted octanol–water partition coefficient (Wildman–Crippen LogP) is 2.15. The first-order chi connectivity index (χ1) is 15.5. The molecule has 2 aliphatic heterocycles. The molecule has 8 nitrogen and oxygen atoms in total. The summed E-state index contributed by atoms with van der Waals surface area (Å²) in [7, 11) is 1.57. The maximum Gasteiger partial charge on any atom is 0.295 e.